The van der Waals surface area contributed by atoms with E-state index >= 15 is 0 Å². The van der Waals surface area contributed by atoms with Crippen LogP contribution in [0.4, 0.5) is 5.69 Å². The molecule has 0 bridgehead atoms. The van der Waals surface area contributed by atoms with Crippen molar-refractivity contribution in [2.45, 2.75) is 18.2 Å². The summed E-state index contributed by atoms with van der Waals surface area (Å²) >= 11 is 0.896. The molecular weight excluding hydrogens is 438 g/mol. The van der Waals surface area contributed by atoms with Gasteiger partial charge in [0.1, 0.15) is 0 Å². The van der Waals surface area contributed by atoms with Gasteiger partial charge in [-0.2, -0.15) is 8.42 Å². The van der Waals surface area contributed by atoms with Gasteiger partial charge in [0.2, 0.25) is 0 Å². The molecule has 10 heteroatoms. The fourth-order valence-corrected chi connectivity index (χ4v) is 4.99. The predicted octanol–water partition coefficient (Wildman–Crippen LogP) is 4.00. The summed E-state index contributed by atoms with van der Waals surface area (Å²) in [6.07, 6.45) is 3.71. The predicted molar refractivity (Wildman–Crippen MR) is 121 cm³/mol. The lowest BCUT2D eigenvalue weighted by atomic mass is 10.2. The van der Waals surface area contributed by atoms with Crippen molar-refractivity contribution in [2.24, 2.45) is 4.40 Å². The van der Waals surface area contributed by atoms with Crippen LogP contribution in [0.15, 0.2) is 75.4 Å². The van der Waals surface area contributed by atoms with Crippen LogP contribution in [0.25, 0.3) is 6.08 Å². The van der Waals surface area contributed by atoms with Crippen molar-refractivity contribution in [3.8, 4) is 0 Å². The maximum Gasteiger partial charge on any atom is 0.284 e. The molecule has 0 N–H and O–H groups in total. The van der Waals surface area contributed by atoms with Crippen LogP contribution in [0.5, 0.6) is 0 Å². The standard InChI is InChI=1S/C21H19N3O5S2/c1-3-12-23-20(25)19(14-16-6-5-7-17(13-16)24(26)27)30-21(23)22-31(28,29)18-10-8-15(4-2)9-11-18/h3,5-11,13-14H,1,4,12H2,2H3/b19-14-,22-21+. The molecule has 0 unspecified atom stereocenters. The van der Waals surface area contributed by atoms with E-state index in [1.165, 1.54) is 47.4 Å². The van der Waals surface area contributed by atoms with Gasteiger partial charge in [0.15, 0.2) is 5.17 Å². The van der Waals surface area contributed by atoms with Crippen molar-refractivity contribution in [3.05, 3.63) is 87.3 Å². The molecule has 1 aliphatic rings. The summed E-state index contributed by atoms with van der Waals surface area (Å²) in [4.78, 5) is 24.7. The van der Waals surface area contributed by atoms with Gasteiger partial charge in [-0.05, 0) is 47.5 Å². The van der Waals surface area contributed by atoms with Gasteiger partial charge in [0, 0.05) is 18.7 Å². The van der Waals surface area contributed by atoms with Gasteiger partial charge in [0.05, 0.1) is 14.7 Å². The van der Waals surface area contributed by atoms with Gasteiger partial charge in [-0.1, -0.05) is 37.3 Å². The number of nitro groups is 1. The number of rotatable bonds is 7. The number of nitrogens with zero attached hydrogens (tertiary/aromatic N) is 3. The van der Waals surface area contributed by atoms with Crippen LogP contribution in [-0.4, -0.2) is 35.9 Å². The van der Waals surface area contributed by atoms with Crippen molar-refractivity contribution in [1.82, 2.24) is 4.90 Å². The number of carbonyl (C=O) groups excluding carboxylic acids is 1. The number of carbonyl (C=O) groups is 1. The molecule has 0 aromatic heterocycles. The van der Waals surface area contributed by atoms with E-state index in [2.05, 4.69) is 11.0 Å². The van der Waals surface area contributed by atoms with Crippen LogP contribution >= 0.6 is 11.8 Å². The van der Waals surface area contributed by atoms with Crippen LogP contribution in [0.2, 0.25) is 0 Å². The summed E-state index contributed by atoms with van der Waals surface area (Å²) in [6, 6.07) is 12.2. The lowest BCUT2D eigenvalue weighted by Crippen LogP contribution is -2.29. The van der Waals surface area contributed by atoms with Crippen molar-refractivity contribution < 1.29 is 18.1 Å². The highest BCUT2D eigenvalue weighted by Crippen LogP contribution is 2.34. The van der Waals surface area contributed by atoms with E-state index in [1.807, 2.05) is 6.92 Å². The molecule has 31 heavy (non-hydrogen) atoms. The van der Waals surface area contributed by atoms with Crippen LogP contribution < -0.4 is 0 Å². The smallest absolute Gasteiger partial charge is 0.282 e. The average molecular weight is 458 g/mol. The number of nitro benzene ring substituents is 1. The molecule has 1 heterocycles. The summed E-state index contributed by atoms with van der Waals surface area (Å²) in [5.41, 5.74) is 1.33. The van der Waals surface area contributed by atoms with Crippen LogP contribution in [0.1, 0.15) is 18.1 Å². The molecule has 0 radical (unpaired) electrons. The van der Waals surface area contributed by atoms with Gasteiger partial charge in [0.25, 0.3) is 21.6 Å². The number of thioether (sulfide) groups is 1. The quantitative estimate of drug-likeness (QED) is 0.269. The number of sulfonamides is 1. The second-order valence-electron chi connectivity index (χ2n) is 6.51. The molecule has 2 aromatic rings. The second-order valence-corrected chi connectivity index (χ2v) is 9.13. The average Bonchev–Trinajstić information content (AvgIpc) is 3.02. The Kier molecular flexibility index (Phi) is 6.71. The summed E-state index contributed by atoms with van der Waals surface area (Å²) in [6.45, 7) is 5.64. The molecule has 0 aliphatic carbocycles. The number of hydrogen-bond acceptors (Lipinski definition) is 6. The monoisotopic (exact) mass is 457 g/mol. The molecule has 0 saturated carbocycles. The number of non-ortho nitro benzene ring substituents is 1. The van der Waals surface area contributed by atoms with E-state index in [9.17, 15) is 23.3 Å². The lowest BCUT2D eigenvalue weighted by molar-refractivity contribution is -0.384. The third-order valence-corrected chi connectivity index (χ3v) is 6.81. The Labute approximate surface area is 184 Å². The van der Waals surface area contributed by atoms with E-state index in [1.54, 1.807) is 18.2 Å². The van der Waals surface area contributed by atoms with Gasteiger partial charge in [-0.25, -0.2) is 0 Å². The Morgan fingerprint density at radius 3 is 2.55 bits per heavy atom. The summed E-state index contributed by atoms with van der Waals surface area (Å²) in [5, 5.41) is 11.0. The molecule has 160 valence electrons. The fraction of sp³-hybridized carbons (Fsp3) is 0.143. The zero-order valence-corrected chi connectivity index (χ0v) is 18.2. The van der Waals surface area contributed by atoms with Crippen molar-refractivity contribution in [2.75, 3.05) is 6.54 Å². The number of amides is 1. The normalized spacial score (nSPS) is 16.8. The first kappa shape index (κ1) is 22.4. The maximum absolute atomic E-state index is 12.8. The van der Waals surface area contributed by atoms with Gasteiger partial charge >= 0.3 is 0 Å². The van der Waals surface area contributed by atoms with Crippen LogP contribution in [0, 0.1) is 10.1 Å². The first-order valence-electron chi connectivity index (χ1n) is 9.26. The molecule has 1 saturated heterocycles. The molecule has 8 nitrogen and oxygen atoms in total. The molecule has 2 aromatic carbocycles. The maximum atomic E-state index is 12.8. The number of hydrogen-bond donors (Lipinski definition) is 0. The number of aryl methyl sites for hydroxylation is 1. The molecule has 1 fully saturated rings. The van der Waals surface area contributed by atoms with E-state index < -0.39 is 20.9 Å². The molecule has 1 amide bonds. The van der Waals surface area contributed by atoms with E-state index in [0.29, 0.717) is 5.56 Å². The molecule has 1 aliphatic heterocycles. The van der Waals surface area contributed by atoms with Crippen molar-refractivity contribution in [1.29, 1.82) is 0 Å². The third kappa shape index (κ3) is 5.09. The topological polar surface area (TPSA) is 110 Å². The minimum Gasteiger partial charge on any atom is -0.282 e. The lowest BCUT2D eigenvalue weighted by Gasteiger charge is -2.12. The zero-order chi connectivity index (χ0) is 22.6. The molecular formula is C21H19N3O5S2. The number of amidine groups is 1. The summed E-state index contributed by atoms with van der Waals surface area (Å²) in [5.74, 6) is -0.452. The largest absolute Gasteiger partial charge is 0.284 e. The fourth-order valence-electron chi connectivity index (χ4n) is 2.80. The highest BCUT2D eigenvalue weighted by Gasteiger charge is 2.34. The van der Waals surface area contributed by atoms with E-state index in [0.717, 1.165) is 23.7 Å². The van der Waals surface area contributed by atoms with Crippen molar-refractivity contribution in [3.63, 3.8) is 0 Å². The van der Waals surface area contributed by atoms with E-state index in [4.69, 9.17) is 0 Å². The Morgan fingerprint density at radius 1 is 1.23 bits per heavy atom. The zero-order valence-electron chi connectivity index (χ0n) is 16.6. The van der Waals surface area contributed by atoms with E-state index in [-0.39, 0.29) is 27.2 Å². The van der Waals surface area contributed by atoms with Gasteiger partial charge in [-0.3, -0.25) is 19.8 Å². The first-order valence-corrected chi connectivity index (χ1v) is 11.5. The molecule has 0 atom stereocenters. The van der Waals surface area contributed by atoms with Gasteiger partial charge < -0.3 is 0 Å². The Hall–Kier alpha value is -3.24. The summed E-state index contributed by atoms with van der Waals surface area (Å²) in [7, 11) is -4.04. The first-order chi connectivity index (χ1) is 14.7. The Bertz CT molecular complexity index is 1200. The third-order valence-electron chi connectivity index (χ3n) is 4.41. The number of benzene rings is 2. The SMILES string of the molecule is C=CCN1C(=O)/C(=C/c2cccc([N+](=O)[O-])c2)S/C1=N/S(=O)(=O)c1ccc(CC)cc1. The highest BCUT2D eigenvalue weighted by atomic mass is 32.2. The molecule has 0 spiro atoms. The minimum atomic E-state index is -4.04. The van der Waals surface area contributed by atoms with Crippen LogP contribution in [0.3, 0.4) is 0 Å². The Morgan fingerprint density at radius 2 is 1.94 bits per heavy atom. The summed E-state index contributed by atoms with van der Waals surface area (Å²) < 4.78 is 29.4. The van der Waals surface area contributed by atoms with Crippen molar-refractivity contribution >= 4 is 44.6 Å². The van der Waals surface area contributed by atoms with Gasteiger partial charge in [-0.15, -0.1) is 11.0 Å². The Balaban J connectivity index is 1.98. The second kappa shape index (κ2) is 9.27. The minimum absolute atomic E-state index is 0.00106. The van der Waals surface area contributed by atoms with Crippen LogP contribution in [-0.2, 0) is 21.2 Å². The highest BCUT2D eigenvalue weighted by molar-refractivity contribution is 8.19. The molecule has 3 rings (SSSR count).